The van der Waals surface area contributed by atoms with E-state index >= 15 is 0 Å². The van der Waals surface area contributed by atoms with Gasteiger partial charge in [0.05, 0.1) is 0 Å². The van der Waals surface area contributed by atoms with Crippen LogP contribution >= 0.6 is 0 Å². The van der Waals surface area contributed by atoms with Crippen LogP contribution in [0.3, 0.4) is 0 Å². The lowest BCUT2D eigenvalue weighted by Crippen LogP contribution is -2.49. The number of hydrogen-bond donors (Lipinski definition) is 1. The molecule has 1 saturated heterocycles. The number of likely N-dealkylation sites (N-methyl/N-ethyl adjacent to an activating group) is 1. The van der Waals surface area contributed by atoms with E-state index in [0.29, 0.717) is 0 Å². The molecule has 2 fully saturated rings. The number of hydrogen-bond acceptors (Lipinski definition) is 2. The van der Waals surface area contributed by atoms with Crippen LogP contribution in [-0.4, -0.2) is 37.6 Å². The number of rotatable bonds is 3. The fourth-order valence-electron chi connectivity index (χ4n) is 2.92. The van der Waals surface area contributed by atoms with Crippen LogP contribution in [-0.2, 0) is 0 Å². The predicted molar refractivity (Wildman–Crippen MR) is 60.5 cm³/mol. The van der Waals surface area contributed by atoms with E-state index < -0.39 is 0 Å². The van der Waals surface area contributed by atoms with E-state index in [9.17, 15) is 0 Å². The molecule has 2 aliphatic rings. The highest BCUT2D eigenvalue weighted by atomic mass is 15.2. The van der Waals surface area contributed by atoms with Crippen molar-refractivity contribution < 1.29 is 0 Å². The summed E-state index contributed by atoms with van der Waals surface area (Å²) in [5.74, 6) is 1.06. The van der Waals surface area contributed by atoms with E-state index in [0.717, 1.165) is 12.0 Å². The molecule has 2 nitrogen and oxygen atoms in total. The first kappa shape index (κ1) is 10.4. The van der Waals surface area contributed by atoms with Gasteiger partial charge >= 0.3 is 0 Å². The molecule has 1 aliphatic heterocycles. The molecule has 0 amide bonds. The van der Waals surface area contributed by atoms with Crippen LogP contribution in [0.5, 0.6) is 0 Å². The summed E-state index contributed by atoms with van der Waals surface area (Å²) in [6, 6.07) is 0.773. The minimum atomic E-state index is 0.773. The van der Waals surface area contributed by atoms with Gasteiger partial charge in [0, 0.05) is 25.7 Å². The third kappa shape index (κ3) is 2.96. The van der Waals surface area contributed by atoms with Crippen LogP contribution in [0.4, 0.5) is 0 Å². The Bertz CT molecular complexity index is 164. The molecular formula is C12H24N2. The van der Waals surface area contributed by atoms with Gasteiger partial charge in [-0.15, -0.1) is 0 Å². The average molecular weight is 196 g/mol. The zero-order valence-corrected chi connectivity index (χ0v) is 9.47. The molecule has 1 aliphatic carbocycles. The van der Waals surface area contributed by atoms with Gasteiger partial charge in [-0.05, 0) is 25.8 Å². The van der Waals surface area contributed by atoms with Crippen molar-refractivity contribution in [3.63, 3.8) is 0 Å². The Labute approximate surface area is 88.1 Å². The molecule has 1 N–H and O–H groups in total. The third-order valence-electron chi connectivity index (χ3n) is 3.86. The van der Waals surface area contributed by atoms with Gasteiger partial charge in [-0.2, -0.15) is 0 Å². The summed E-state index contributed by atoms with van der Waals surface area (Å²) < 4.78 is 0. The van der Waals surface area contributed by atoms with Crippen LogP contribution in [0.2, 0.25) is 0 Å². The van der Waals surface area contributed by atoms with Crippen molar-refractivity contribution in [1.29, 1.82) is 0 Å². The molecule has 14 heavy (non-hydrogen) atoms. The predicted octanol–water partition coefficient (Wildman–Crippen LogP) is 1.86. The molecule has 0 radical (unpaired) electrons. The highest BCUT2D eigenvalue weighted by Gasteiger charge is 2.19. The van der Waals surface area contributed by atoms with Crippen molar-refractivity contribution in [2.45, 2.75) is 44.6 Å². The zero-order valence-electron chi connectivity index (χ0n) is 9.47. The SMILES string of the molecule is CN1CCNC(CCC2CCCC2)C1. The second-order valence-corrected chi connectivity index (χ2v) is 5.14. The highest BCUT2D eigenvalue weighted by molar-refractivity contribution is 4.78. The molecule has 0 aromatic carbocycles. The summed E-state index contributed by atoms with van der Waals surface area (Å²) >= 11 is 0. The molecule has 2 rings (SSSR count). The molecule has 1 unspecified atom stereocenters. The topological polar surface area (TPSA) is 15.3 Å². The van der Waals surface area contributed by atoms with E-state index in [1.807, 2.05) is 0 Å². The molecule has 1 heterocycles. The zero-order chi connectivity index (χ0) is 9.80. The first-order chi connectivity index (χ1) is 6.84. The molecule has 2 heteroatoms. The first-order valence-corrected chi connectivity index (χ1v) is 6.26. The van der Waals surface area contributed by atoms with Gasteiger partial charge in [-0.3, -0.25) is 0 Å². The lowest BCUT2D eigenvalue weighted by atomic mass is 9.98. The summed E-state index contributed by atoms with van der Waals surface area (Å²) in [5, 5.41) is 3.63. The maximum atomic E-state index is 3.63. The molecule has 0 bridgehead atoms. The van der Waals surface area contributed by atoms with Gasteiger partial charge in [-0.25, -0.2) is 0 Å². The summed E-state index contributed by atoms with van der Waals surface area (Å²) in [6.07, 6.45) is 8.84. The molecule has 0 aromatic heterocycles. The molecule has 0 spiro atoms. The highest BCUT2D eigenvalue weighted by Crippen LogP contribution is 2.29. The Kier molecular flexibility index (Phi) is 3.82. The average Bonchev–Trinajstić information content (AvgIpc) is 2.67. The maximum absolute atomic E-state index is 3.63. The largest absolute Gasteiger partial charge is 0.311 e. The standard InChI is InChI=1S/C12H24N2/c1-14-9-8-13-12(10-14)7-6-11-4-2-3-5-11/h11-13H,2-10H2,1H3. The fraction of sp³-hybridized carbons (Fsp3) is 1.00. The van der Waals surface area contributed by atoms with E-state index in [2.05, 4.69) is 17.3 Å². The lowest BCUT2D eigenvalue weighted by molar-refractivity contribution is 0.224. The number of nitrogens with zero attached hydrogens (tertiary/aromatic N) is 1. The Balaban J connectivity index is 1.64. The molecular weight excluding hydrogens is 172 g/mol. The van der Waals surface area contributed by atoms with E-state index in [1.54, 1.807) is 0 Å². The van der Waals surface area contributed by atoms with Gasteiger partial charge in [0.1, 0.15) is 0 Å². The fourth-order valence-corrected chi connectivity index (χ4v) is 2.92. The lowest BCUT2D eigenvalue weighted by Gasteiger charge is -2.31. The van der Waals surface area contributed by atoms with E-state index in [4.69, 9.17) is 0 Å². The van der Waals surface area contributed by atoms with Gasteiger partial charge in [0.15, 0.2) is 0 Å². The molecule has 1 saturated carbocycles. The second kappa shape index (κ2) is 5.13. The van der Waals surface area contributed by atoms with Crippen molar-refractivity contribution in [3.05, 3.63) is 0 Å². The van der Waals surface area contributed by atoms with Crippen molar-refractivity contribution in [2.75, 3.05) is 26.7 Å². The smallest absolute Gasteiger partial charge is 0.0195 e. The Morgan fingerprint density at radius 2 is 2.00 bits per heavy atom. The van der Waals surface area contributed by atoms with Crippen LogP contribution in [0.1, 0.15) is 38.5 Å². The monoisotopic (exact) mass is 196 g/mol. The van der Waals surface area contributed by atoms with Gasteiger partial charge in [0.25, 0.3) is 0 Å². The molecule has 0 aromatic rings. The van der Waals surface area contributed by atoms with Crippen LogP contribution < -0.4 is 5.32 Å². The second-order valence-electron chi connectivity index (χ2n) is 5.14. The summed E-state index contributed by atoms with van der Waals surface area (Å²) in [5.41, 5.74) is 0. The Morgan fingerprint density at radius 3 is 2.71 bits per heavy atom. The van der Waals surface area contributed by atoms with Gasteiger partial charge in [0.2, 0.25) is 0 Å². The van der Waals surface area contributed by atoms with E-state index in [-0.39, 0.29) is 0 Å². The minimum absolute atomic E-state index is 0.773. The third-order valence-corrected chi connectivity index (χ3v) is 3.86. The Hall–Kier alpha value is -0.0800. The summed E-state index contributed by atoms with van der Waals surface area (Å²) in [7, 11) is 2.24. The van der Waals surface area contributed by atoms with E-state index in [1.165, 1.54) is 58.2 Å². The van der Waals surface area contributed by atoms with Crippen molar-refractivity contribution in [2.24, 2.45) is 5.92 Å². The van der Waals surface area contributed by atoms with Crippen LogP contribution in [0.15, 0.2) is 0 Å². The van der Waals surface area contributed by atoms with Crippen molar-refractivity contribution >= 4 is 0 Å². The van der Waals surface area contributed by atoms with Gasteiger partial charge in [-0.1, -0.05) is 25.7 Å². The maximum Gasteiger partial charge on any atom is 0.0195 e. The molecule has 1 atom stereocenters. The van der Waals surface area contributed by atoms with Crippen LogP contribution in [0.25, 0.3) is 0 Å². The minimum Gasteiger partial charge on any atom is -0.311 e. The quantitative estimate of drug-likeness (QED) is 0.741. The van der Waals surface area contributed by atoms with Crippen LogP contribution in [0, 0.1) is 5.92 Å². The number of nitrogens with one attached hydrogen (secondary N) is 1. The number of piperazine rings is 1. The van der Waals surface area contributed by atoms with Gasteiger partial charge < -0.3 is 10.2 Å². The summed E-state index contributed by atoms with van der Waals surface area (Å²) in [6.45, 7) is 3.67. The normalized spacial score (nSPS) is 31.1. The first-order valence-electron chi connectivity index (χ1n) is 6.26. The van der Waals surface area contributed by atoms with Crippen molar-refractivity contribution in [3.8, 4) is 0 Å². The van der Waals surface area contributed by atoms with Crippen molar-refractivity contribution in [1.82, 2.24) is 10.2 Å². The summed E-state index contributed by atoms with van der Waals surface area (Å²) in [4.78, 5) is 2.45. The Morgan fingerprint density at radius 1 is 1.21 bits per heavy atom. The molecule has 82 valence electrons.